The van der Waals surface area contributed by atoms with Crippen LogP contribution >= 0.6 is 0 Å². The van der Waals surface area contributed by atoms with Crippen LogP contribution in [-0.4, -0.2) is 19.2 Å². The first-order valence-corrected chi connectivity index (χ1v) is 6.22. The summed E-state index contributed by atoms with van der Waals surface area (Å²) in [7, 11) is 0. The molecule has 1 aromatic carbocycles. The summed E-state index contributed by atoms with van der Waals surface area (Å²) in [5.74, 6) is 0.961. The van der Waals surface area contributed by atoms with Gasteiger partial charge in [0.1, 0.15) is 11.9 Å². The number of rotatable bonds is 7. The minimum Gasteiger partial charge on any atom is -0.489 e. The molecular formula is C14H23NO. The van der Waals surface area contributed by atoms with Crippen molar-refractivity contribution < 1.29 is 4.74 Å². The summed E-state index contributed by atoms with van der Waals surface area (Å²) in [4.78, 5) is 0. The van der Waals surface area contributed by atoms with Crippen molar-refractivity contribution >= 4 is 0 Å². The third kappa shape index (κ3) is 4.67. The highest BCUT2D eigenvalue weighted by atomic mass is 16.5. The lowest BCUT2D eigenvalue weighted by Gasteiger charge is -2.15. The molecule has 0 saturated heterocycles. The van der Waals surface area contributed by atoms with Crippen LogP contribution in [0.2, 0.25) is 0 Å². The van der Waals surface area contributed by atoms with Crippen LogP contribution in [0.1, 0.15) is 32.8 Å². The molecule has 0 aromatic heterocycles. The van der Waals surface area contributed by atoms with E-state index in [2.05, 4.69) is 50.4 Å². The highest BCUT2D eigenvalue weighted by Gasteiger charge is 2.02. The molecule has 1 atom stereocenters. The summed E-state index contributed by atoms with van der Waals surface area (Å²) >= 11 is 0. The zero-order valence-electron chi connectivity index (χ0n) is 10.6. The molecular weight excluding hydrogens is 198 g/mol. The lowest BCUT2D eigenvalue weighted by Crippen LogP contribution is -2.29. The van der Waals surface area contributed by atoms with Crippen molar-refractivity contribution in [3.8, 4) is 5.75 Å². The van der Waals surface area contributed by atoms with E-state index in [1.54, 1.807) is 0 Å². The second-order valence-electron chi connectivity index (χ2n) is 4.13. The maximum absolute atomic E-state index is 5.80. The third-order valence-electron chi connectivity index (χ3n) is 2.53. The van der Waals surface area contributed by atoms with Crippen LogP contribution in [0.5, 0.6) is 5.75 Å². The van der Waals surface area contributed by atoms with Crippen molar-refractivity contribution in [2.45, 2.75) is 39.7 Å². The van der Waals surface area contributed by atoms with E-state index in [0.717, 1.165) is 31.7 Å². The van der Waals surface area contributed by atoms with Gasteiger partial charge in [0.05, 0.1) is 0 Å². The molecule has 0 spiro atoms. The highest BCUT2D eigenvalue weighted by molar-refractivity contribution is 5.27. The predicted molar refractivity (Wildman–Crippen MR) is 69.1 cm³/mol. The van der Waals surface area contributed by atoms with E-state index in [0.29, 0.717) is 0 Å². The van der Waals surface area contributed by atoms with Crippen LogP contribution in [0.4, 0.5) is 0 Å². The minimum absolute atomic E-state index is 0.221. The second kappa shape index (κ2) is 7.29. The lowest BCUT2D eigenvalue weighted by atomic mass is 10.2. The summed E-state index contributed by atoms with van der Waals surface area (Å²) < 4.78 is 5.80. The molecule has 90 valence electrons. The van der Waals surface area contributed by atoms with Crippen LogP contribution in [0.15, 0.2) is 24.3 Å². The molecule has 1 N–H and O–H groups in total. The highest BCUT2D eigenvalue weighted by Crippen LogP contribution is 2.13. The normalized spacial score (nSPS) is 12.4. The van der Waals surface area contributed by atoms with Gasteiger partial charge in [-0.15, -0.1) is 0 Å². The summed E-state index contributed by atoms with van der Waals surface area (Å²) in [5.41, 5.74) is 1.35. The number of nitrogens with one attached hydrogen (secondary N) is 1. The molecule has 0 radical (unpaired) electrons. The number of ether oxygens (including phenoxy) is 1. The molecule has 0 aliphatic carbocycles. The van der Waals surface area contributed by atoms with Gasteiger partial charge in [0.15, 0.2) is 0 Å². The van der Waals surface area contributed by atoms with Crippen LogP contribution < -0.4 is 10.1 Å². The summed E-state index contributed by atoms with van der Waals surface area (Å²) in [6, 6.07) is 8.35. The molecule has 1 aromatic rings. The largest absolute Gasteiger partial charge is 0.489 e. The minimum atomic E-state index is 0.221. The Morgan fingerprint density at radius 1 is 1.19 bits per heavy atom. The van der Waals surface area contributed by atoms with E-state index in [9.17, 15) is 0 Å². The average molecular weight is 221 g/mol. The molecule has 0 amide bonds. The smallest absolute Gasteiger partial charge is 0.119 e. The van der Waals surface area contributed by atoms with Gasteiger partial charge in [-0.3, -0.25) is 0 Å². The first-order chi connectivity index (χ1) is 7.76. The van der Waals surface area contributed by atoms with Gasteiger partial charge >= 0.3 is 0 Å². The quantitative estimate of drug-likeness (QED) is 0.715. The number of hydrogen-bond donors (Lipinski definition) is 1. The van der Waals surface area contributed by atoms with Gasteiger partial charge < -0.3 is 10.1 Å². The maximum atomic E-state index is 5.80. The van der Waals surface area contributed by atoms with Crippen molar-refractivity contribution in [1.82, 2.24) is 5.32 Å². The van der Waals surface area contributed by atoms with Gasteiger partial charge in [0.25, 0.3) is 0 Å². The van der Waals surface area contributed by atoms with E-state index < -0.39 is 0 Å². The second-order valence-corrected chi connectivity index (χ2v) is 4.13. The SMILES string of the molecule is CCCNCC(C)Oc1ccc(CC)cc1. The Bertz CT molecular complexity index is 281. The summed E-state index contributed by atoms with van der Waals surface area (Å²) in [6.07, 6.45) is 2.46. The molecule has 2 heteroatoms. The average Bonchev–Trinajstić information content (AvgIpc) is 2.30. The van der Waals surface area contributed by atoms with Crippen LogP contribution in [-0.2, 0) is 6.42 Å². The molecule has 0 fully saturated rings. The van der Waals surface area contributed by atoms with E-state index in [1.807, 2.05) is 0 Å². The number of hydrogen-bond acceptors (Lipinski definition) is 2. The van der Waals surface area contributed by atoms with Crippen molar-refractivity contribution in [3.05, 3.63) is 29.8 Å². The van der Waals surface area contributed by atoms with Gasteiger partial charge in [0, 0.05) is 6.54 Å². The number of aryl methyl sites for hydroxylation is 1. The van der Waals surface area contributed by atoms with Crippen LogP contribution in [0.25, 0.3) is 0 Å². The van der Waals surface area contributed by atoms with Crippen molar-refractivity contribution in [3.63, 3.8) is 0 Å². The van der Waals surface area contributed by atoms with Crippen molar-refractivity contribution in [2.24, 2.45) is 0 Å². The maximum Gasteiger partial charge on any atom is 0.119 e. The van der Waals surface area contributed by atoms with Crippen LogP contribution in [0, 0.1) is 0 Å². The molecule has 0 saturated carbocycles. The summed E-state index contributed by atoms with van der Waals surface area (Å²) in [6.45, 7) is 8.39. The zero-order valence-corrected chi connectivity index (χ0v) is 10.6. The molecule has 0 aliphatic heterocycles. The Hall–Kier alpha value is -1.02. The van der Waals surface area contributed by atoms with Gasteiger partial charge in [-0.1, -0.05) is 26.0 Å². The Balaban J connectivity index is 2.34. The first kappa shape index (κ1) is 13.0. The fraction of sp³-hybridized carbons (Fsp3) is 0.571. The monoisotopic (exact) mass is 221 g/mol. The Morgan fingerprint density at radius 2 is 1.88 bits per heavy atom. The van der Waals surface area contributed by atoms with Gasteiger partial charge in [0.2, 0.25) is 0 Å². The van der Waals surface area contributed by atoms with Crippen molar-refractivity contribution in [2.75, 3.05) is 13.1 Å². The molecule has 1 unspecified atom stereocenters. The molecule has 0 heterocycles. The first-order valence-electron chi connectivity index (χ1n) is 6.22. The van der Waals surface area contributed by atoms with Gasteiger partial charge in [-0.2, -0.15) is 0 Å². The molecule has 0 aliphatic rings. The molecule has 1 rings (SSSR count). The molecule has 16 heavy (non-hydrogen) atoms. The fourth-order valence-electron chi connectivity index (χ4n) is 1.56. The molecule has 0 bridgehead atoms. The van der Waals surface area contributed by atoms with Gasteiger partial charge in [-0.05, 0) is 44.0 Å². The lowest BCUT2D eigenvalue weighted by molar-refractivity contribution is 0.217. The van der Waals surface area contributed by atoms with Crippen molar-refractivity contribution in [1.29, 1.82) is 0 Å². The standard InChI is InChI=1S/C14H23NO/c1-4-10-15-11-12(3)16-14-8-6-13(5-2)7-9-14/h6-9,12,15H,4-5,10-11H2,1-3H3. The third-order valence-corrected chi connectivity index (χ3v) is 2.53. The van der Waals surface area contributed by atoms with Crippen LogP contribution in [0.3, 0.4) is 0 Å². The summed E-state index contributed by atoms with van der Waals surface area (Å²) in [5, 5.41) is 3.35. The molecule has 2 nitrogen and oxygen atoms in total. The van der Waals surface area contributed by atoms with Gasteiger partial charge in [-0.25, -0.2) is 0 Å². The topological polar surface area (TPSA) is 21.3 Å². The van der Waals surface area contributed by atoms with E-state index >= 15 is 0 Å². The predicted octanol–water partition coefficient (Wildman–Crippen LogP) is 3.02. The Kier molecular flexibility index (Phi) is 5.94. The Labute approximate surface area is 99.0 Å². The van der Waals surface area contributed by atoms with E-state index in [4.69, 9.17) is 4.74 Å². The Morgan fingerprint density at radius 3 is 2.44 bits per heavy atom. The fourth-order valence-corrected chi connectivity index (χ4v) is 1.56. The zero-order chi connectivity index (χ0) is 11.8. The van der Waals surface area contributed by atoms with E-state index in [-0.39, 0.29) is 6.10 Å². The van der Waals surface area contributed by atoms with E-state index in [1.165, 1.54) is 5.56 Å². The number of benzene rings is 1.